The smallest absolute Gasteiger partial charge is 0.257 e. The Morgan fingerprint density at radius 3 is 2.24 bits per heavy atom. The second-order valence-electron chi connectivity index (χ2n) is 7.56. The number of pyridine rings is 1. The molecule has 0 aliphatic rings. The van der Waals surface area contributed by atoms with Gasteiger partial charge in [-0.1, -0.05) is 43.1 Å². The van der Waals surface area contributed by atoms with Gasteiger partial charge in [-0.15, -0.1) is 10.2 Å². The van der Waals surface area contributed by atoms with E-state index < -0.39 is 11.6 Å². The Hall–Kier alpha value is -3.78. The molecule has 0 bridgehead atoms. The number of aromatic nitrogens is 3. The first-order valence-corrected chi connectivity index (χ1v) is 10.8. The largest absolute Gasteiger partial charge is 0.507 e. The Bertz CT molecular complexity index is 1270. The van der Waals surface area contributed by atoms with Gasteiger partial charge < -0.3 is 24.8 Å². The van der Waals surface area contributed by atoms with Crippen LogP contribution in [0, 0.1) is 0 Å². The average Bonchev–Trinajstić information content (AvgIpc) is 3.23. The highest BCUT2D eigenvalue weighted by Gasteiger charge is 2.28. The van der Waals surface area contributed by atoms with Crippen LogP contribution in [0.3, 0.4) is 0 Å². The standard InChI is InChI=1S/C24H22ClN3O5/c1-2-3-5-15-19(20-16(29)6-4-7-17(20)30)22(31)21(23(32)26-15)24-28-27-18(33-24)12-13-8-10-14(25)11-9-13/h4,6-11,29-30H,2-3,5,12H2,1H3,(H2,26,31,32). The molecule has 2 aromatic heterocycles. The van der Waals surface area contributed by atoms with Crippen LogP contribution in [0.25, 0.3) is 22.6 Å². The van der Waals surface area contributed by atoms with E-state index in [-0.39, 0.29) is 40.0 Å². The molecule has 0 unspecified atom stereocenters. The first kappa shape index (κ1) is 22.4. The van der Waals surface area contributed by atoms with E-state index in [1.165, 1.54) is 18.2 Å². The fourth-order valence-corrected chi connectivity index (χ4v) is 3.71. The van der Waals surface area contributed by atoms with Crippen molar-refractivity contribution in [1.29, 1.82) is 0 Å². The first-order chi connectivity index (χ1) is 15.9. The second kappa shape index (κ2) is 9.38. The van der Waals surface area contributed by atoms with Crippen molar-refractivity contribution in [1.82, 2.24) is 15.2 Å². The van der Waals surface area contributed by atoms with Crippen LogP contribution in [-0.2, 0) is 12.8 Å². The summed E-state index contributed by atoms with van der Waals surface area (Å²) >= 11 is 5.92. The van der Waals surface area contributed by atoms with E-state index in [2.05, 4.69) is 15.2 Å². The highest BCUT2D eigenvalue weighted by molar-refractivity contribution is 6.30. The molecule has 33 heavy (non-hydrogen) atoms. The molecule has 170 valence electrons. The van der Waals surface area contributed by atoms with Gasteiger partial charge in [-0.05, 0) is 42.7 Å². The van der Waals surface area contributed by atoms with Crippen molar-refractivity contribution in [2.45, 2.75) is 32.6 Å². The Balaban J connectivity index is 1.81. The summed E-state index contributed by atoms with van der Waals surface area (Å²) in [4.78, 5) is 4.24. The minimum absolute atomic E-state index is 0.00996. The molecule has 0 atom stereocenters. The van der Waals surface area contributed by atoms with Gasteiger partial charge >= 0.3 is 0 Å². The molecule has 0 spiro atoms. The second-order valence-corrected chi connectivity index (χ2v) is 8.00. The number of phenolic OH excluding ortho intramolecular Hbond substituents is 2. The lowest BCUT2D eigenvalue weighted by Crippen LogP contribution is -1.99. The normalized spacial score (nSPS) is 11.1. The van der Waals surface area contributed by atoms with E-state index in [1.54, 1.807) is 12.1 Å². The predicted octanol–water partition coefficient (Wildman–Crippen LogP) is 5.21. The van der Waals surface area contributed by atoms with Gasteiger partial charge in [0.2, 0.25) is 11.8 Å². The van der Waals surface area contributed by atoms with Gasteiger partial charge in [-0.25, -0.2) is 4.98 Å². The molecule has 0 radical (unpaired) electrons. The minimum atomic E-state index is -0.487. The number of rotatable bonds is 7. The quantitative estimate of drug-likeness (QED) is 0.291. The molecular formula is C24H22ClN3O5. The zero-order valence-corrected chi connectivity index (χ0v) is 18.5. The SMILES string of the molecule is CCCCc1nc(O)c(-c2nnc(Cc3ccc(Cl)cc3)o2)c(O)c1-c1c(O)cccc1O. The molecule has 2 heterocycles. The number of nitrogens with zero attached hydrogens (tertiary/aromatic N) is 3. The number of aromatic hydroxyl groups is 4. The van der Waals surface area contributed by atoms with Gasteiger partial charge in [0.05, 0.1) is 23.2 Å². The van der Waals surface area contributed by atoms with E-state index >= 15 is 0 Å². The van der Waals surface area contributed by atoms with Gasteiger partial charge in [0, 0.05) is 5.02 Å². The Morgan fingerprint density at radius 2 is 1.58 bits per heavy atom. The van der Waals surface area contributed by atoms with Gasteiger partial charge in [0.15, 0.2) is 0 Å². The lowest BCUT2D eigenvalue weighted by molar-refractivity contribution is 0.426. The summed E-state index contributed by atoms with van der Waals surface area (Å²) < 4.78 is 5.70. The number of phenols is 2. The summed E-state index contributed by atoms with van der Waals surface area (Å²) in [6.45, 7) is 1.99. The summed E-state index contributed by atoms with van der Waals surface area (Å²) in [5.74, 6) is -1.27. The predicted molar refractivity (Wildman–Crippen MR) is 122 cm³/mol. The molecule has 0 amide bonds. The van der Waals surface area contributed by atoms with Gasteiger partial charge in [0.1, 0.15) is 22.8 Å². The summed E-state index contributed by atoms with van der Waals surface area (Å²) in [6, 6.07) is 11.4. The molecule has 9 heteroatoms. The number of halogens is 1. The fourth-order valence-electron chi connectivity index (χ4n) is 3.58. The van der Waals surface area contributed by atoms with E-state index in [1.807, 2.05) is 19.1 Å². The fraction of sp³-hybridized carbons (Fsp3) is 0.208. The molecule has 0 aliphatic carbocycles. The number of unbranched alkanes of at least 4 members (excludes halogenated alkanes) is 1. The van der Waals surface area contributed by atoms with Crippen molar-refractivity contribution in [2.24, 2.45) is 0 Å². The lowest BCUT2D eigenvalue weighted by Gasteiger charge is -2.16. The van der Waals surface area contributed by atoms with Crippen LogP contribution in [0.4, 0.5) is 0 Å². The zero-order valence-electron chi connectivity index (χ0n) is 17.8. The number of benzene rings is 2. The lowest BCUT2D eigenvalue weighted by atomic mass is 9.96. The van der Waals surface area contributed by atoms with E-state index in [0.29, 0.717) is 23.6 Å². The van der Waals surface area contributed by atoms with Crippen molar-refractivity contribution < 1.29 is 24.8 Å². The monoisotopic (exact) mass is 467 g/mol. The van der Waals surface area contributed by atoms with Gasteiger partial charge in [-0.3, -0.25) is 0 Å². The third-order valence-corrected chi connectivity index (χ3v) is 5.47. The topological polar surface area (TPSA) is 133 Å². The highest BCUT2D eigenvalue weighted by Crippen LogP contribution is 2.49. The molecule has 8 nitrogen and oxygen atoms in total. The van der Waals surface area contributed by atoms with Crippen molar-refractivity contribution in [2.75, 3.05) is 0 Å². The van der Waals surface area contributed by atoms with Crippen LogP contribution in [0.1, 0.15) is 36.9 Å². The van der Waals surface area contributed by atoms with Crippen molar-refractivity contribution in [3.05, 3.63) is 64.6 Å². The van der Waals surface area contributed by atoms with Crippen LogP contribution in [0.15, 0.2) is 46.9 Å². The third-order valence-electron chi connectivity index (χ3n) is 5.21. The van der Waals surface area contributed by atoms with Crippen molar-refractivity contribution >= 4 is 11.6 Å². The molecule has 4 N–H and O–H groups in total. The van der Waals surface area contributed by atoms with E-state index in [9.17, 15) is 20.4 Å². The highest BCUT2D eigenvalue weighted by atomic mass is 35.5. The Labute approximate surface area is 194 Å². The summed E-state index contributed by atoms with van der Waals surface area (Å²) in [7, 11) is 0. The minimum Gasteiger partial charge on any atom is -0.507 e. The maximum absolute atomic E-state index is 11.2. The zero-order chi connectivity index (χ0) is 23.5. The summed E-state index contributed by atoms with van der Waals surface area (Å²) in [5, 5.41) is 51.2. The molecule has 0 aliphatic heterocycles. The molecule has 4 rings (SSSR count). The molecule has 0 saturated carbocycles. The van der Waals surface area contributed by atoms with Crippen molar-refractivity contribution in [3.63, 3.8) is 0 Å². The molecule has 0 saturated heterocycles. The van der Waals surface area contributed by atoms with Crippen molar-refractivity contribution in [3.8, 4) is 45.7 Å². The van der Waals surface area contributed by atoms with Crippen LogP contribution in [0.5, 0.6) is 23.1 Å². The maximum Gasteiger partial charge on any atom is 0.257 e. The van der Waals surface area contributed by atoms with Gasteiger partial charge in [-0.2, -0.15) is 0 Å². The molecule has 4 aromatic rings. The van der Waals surface area contributed by atoms with Crippen LogP contribution in [-0.4, -0.2) is 35.6 Å². The third kappa shape index (κ3) is 4.56. The Kier molecular flexibility index (Phi) is 6.37. The number of hydrogen-bond donors (Lipinski definition) is 4. The molecular weight excluding hydrogens is 446 g/mol. The Morgan fingerprint density at radius 1 is 0.879 bits per heavy atom. The van der Waals surface area contributed by atoms with Crippen LogP contribution in [0.2, 0.25) is 5.02 Å². The van der Waals surface area contributed by atoms with E-state index in [0.717, 1.165) is 18.4 Å². The number of hydrogen-bond acceptors (Lipinski definition) is 8. The summed E-state index contributed by atoms with van der Waals surface area (Å²) in [5.41, 5.74) is 1.15. The van der Waals surface area contributed by atoms with Gasteiger partial charge in [0.25, 0.3) is 5.89 Å². The maximum atomic E-state index is 11.2. The number of aryl methyl sites for hydroxylation is 1. The van der Waals surface area contributed by atoms with Crippen LogP contribution >= 0.6 is 11.6 Å². The average molecular weight is 468 g/mol. The molecule has 0 fully saturated rings. The summed E-state index contributed by atoms with van der Waals surface area (Å²) in [6.07, 6.45) is 2.29. The first-order valence-electron chi connectivity index (χ1n) is 10.4. The van der Waals surface area contributed by atoms with E-state index in [4.69, 9.17) is 16.0 Å². The molecule has 2 aromatic carbocycles. The van der Waals surface area contributed by atoms with Crippen LogP contribution < -0.4 is 0 Å².